The highest BCUT2D eigenvalue weighted by Crippen LogP contribution is 2.27. The Labute approximate surface area is 158 Å². The molecular formula is C20H25FO6. The molecule has 0 spiro atoms. The van der Waals surface area contributed by atoms with E-state index in [0.29, 0.717) is 5.75 Å². The van der Waals surface area contributed by atoms with Crippen molar-refractivity contribution in [3.63, 3.8) is 0 Å². The molecule has 2 aromatic rings. The molecule has 27 heavy (non-hydrogen) atoms. The summed E-state index contributed by atoms with van der Waals surface area (Å²) in [6.45, 7) is 0.371. The molecule has 2 rings (SSSR count). The van der Waals surface area contributed by atoms with Gasteiger partial charge in [0, 0.05) is 28.4 Å². The Bertz CT molecular complexity index is 683. The second kappa shape index (κ2) is 10.8. The van der Waals surface area contributed by atoms with Gasteiger partial charge in [0.25, 0.3) is 0 Å². The molecule has 0 amide bonds. The minimum absolute atomic E-state index is 0.0965. The molecule has 0 aliphatic carbocycles. The van der Waals surface area contributed by atoms with E-state index in [2.05, 4.69) is 0 Å². The van der Waals surface area contributed by atoms with Gasteiger partial charge >= 0.3 is 0 Å². The van der Waals surface area contributed by atoms with Crippen molar-refractivity contribution >= 4 is 0 Å². The Hall–Kier alpha value is -2.19. The van der Waals surface area contributed by atoms with Crippen LogP contribution in [0, 0.1) is 5.82 Å². The van der Waals surface area contributed by atoms with E-state index in [-0.39, 0.29) is 19.0 Å². The summed E-state index contributed by atoms with van der Waals surface area (Å²) in [5, 5.41) is 0. The van der Waals surface area contributed by atoms with Crippen LogP contribution in [0.3, 0.4) is 0 Å². The fourth-order valence-corrected chi connectivity index (χ4v) is 2.33. The highest BCUT2D eigenvalue weighted by atomic mass is 19.1. The average molecular weight is 380 g/mol. The van der Waals surface area contributed by atoms with Gasteiger partial charge in [0.05, 0.1) is 0 Å². The lowest BCUT2D eigenvalue weighted by molar-refractivity contribution is -0.122. The van der Waals surface area contributed by atoms with Crippen molar-refractivity contribution in [1.82, 2.24) is 0 Å². The van der Waals surface area contributed by atoms with Crippen molar-refractivity contribution in [2.75, 3.05) is 41.7 Å². The van der Waals surface area contributed by atoms with Gasteiger partial charge in [-0.1, -0.05) is 18.2 Å². The molecule has 0 saturated carbocycles. The van der Waals surface area contributed by atoms with E-state index < -0.39 is 18.4 Å². The maximum Gasteiger partial charge on any atom is 0.191 e. The minimum atomic E-state index is -0.549. The molecule has 148 valence electrons. The number of methoxy groups -OCH3 is 4. The Morgan fingerprint density at radius 1 is 0.704 bits per heavy atom. The van der Waals surface area contributed by atoms with Crippen molar-refractivity contribution in [2.24, 2.45) is 0 Å². The van der Waals surface area contributed by atoms with Crippen LogP contribution in [-0.4, -0.2) is 54.2 Å². The van der Waals surface area contributed by atoms with Gasteiger partial charge in [-0.15, -0.1) is 0 Å². The second-order valence-corrected chi connectivity index (χ2v) is 5.59. The summed E-state index contributed by atoms with van der Waals surface area (Å²) in [4.78, 5) is 0. The standard InChI is InChI=1S/C20H25FO6/c1-22-19(23-2)12-26-16-8-5-14(6-9-16)15-7-10-18(17(21)11-15)27-13-20(24-3)25-4/h5-11,19-20H,12-13H2,1-4H3. The predicted octanol–water partition coefficient (Wildman–Crippen LogP) is 3.49. The van der Waals surface area contributed by atoms with Gasteiger partial charge in [0.1, 0.15) is 19.0 Å². The summed E-state index contributed by atoms with van der Waals surface area (Å²) in [5.41, 5.74) is 1.59. The monoisotopic (exact) mass is 380 g/mol. The van der Waals surface area contributed by atoms with E-state index in [9.17, 15) is 4.39 Å². The van der Waals surface area contributed by atoms with Crippen LogP contribution in [0.4, 0.5) is 4.39 Å². The van der Waals surface area contributed by atoms with Gasteiger partial charge in [0.2, 0.25) is 0 Å². The van der Waals surface area contributed by atoms with Crippen molar-refractivity contribution < 1.29 is 32.8 Å². The van der Waals surface area contributed by atoms with Crippen LogP contribution in [0.1, 0.15) is 0 Å². The van der Waals surface area contributed by atoms with Crippen LogP contribution in [0.25, 0.3) is 11.1 Å². The lowest BCUT2D eigenvalue weighted by Crippen LogP contribution is -2.22. The summed E-state index contributed by atoms with van der Waals surface area (Å²) < 4.78 is 45.5. The van der Waals surface area contributed by atoms with Gasteiger partial charge in [0.15, 0.2) is 24.1 Å². The third-order valence-corrected chi connectivity index (χ3v) is 3.93. The molecule has 0 bridgehead atoms. The second-order valence-electron chi connectivity index (χ2n) is 5.59. The van der Waals surface area contributed by atoms with Gasteiger partial charge < -0.3 is 28.4 Å². The molecule has 7 heteroatoms. The highest BCUT2D eigenvalue weighted by Gasteiger charge is 2.11. The summed E-state index contributed by atoms with van der Waals surface area (Å²) in [6, 6.07) is 12.1. The van der Waals surface area contributed by atoms with Crippen molar-refractivity contribution in [2.45, 2.75) is 12.6 Å². The molecule has 0 aromatic heterocycles. The summed E-state index contributed by atoms with van der Waals surface area (Å²) in [5.74, 6) is 0.355. The number of halogens is 1. The fraction of sp³-hybridized carbons (Fsp3) is 0.400. The first kappa shape index (κ1) is 21.1. The maximum absolute atomic E-state index is 14.3. The summed E-state index contributed by atoms with van der Waals surface area (Å²) in [7, 11) is 6.09. The third-order valence-electron chi connectivity index (χ3n) is 3.93. The Kier molecular flexibility index (Phi) is 8.47. The molecule has 0 unspecified atom stereocenters. The number of hydrogen-bond donors (Lipinski definition) is 0. The molecule has 0 atom stereocenters. The molecule has 0 radical (unpaired) electrons. The Morgan fingerprint density at radius 2 is 1.22 bits per heavy atom. The molecule has 6 nitrogen and oxygen atoms in total. The zero-order valence-corrected chi connectivity index (χ0v) is 15.9. The first-order valence-corrected chi connectivity index (χ1v) is 8.38. The van der Waals surface area contributed by atoms with Crippen LogP contribution in [0.15, 0.2) is 42.5 Å². The number of hydrogen-bond acceptors (Lipinski definition) is 6. The van der Waals surface area contributed by atoms with E-state index in [1.165, 1.54) is 20.3 Å². The molecule has 0 N–H and O–H groups in total. The molecule has 0 heterocycles. The SMILES string of the molecule is COC(COc1ccc(-c2ccc(OCC(OC)OC)c(F)c2)cc1)OC. The van der Waals surface area contributed by atoms with E-state index in [1.807, 2.05) is 24.3 Å². The van der Waals surface area contributed by atoms with Crippen LogP contribution < -0.4 is 9.47 Å². The van der Waals surface area contributed by atoms with Gasteiger partial charge in [-0.2, -0.15) is 0 Å². The summed E-state index contributed by atoms with van der Waals surface area (Å²) in [6.07, 6.45) is -0.977. The molecule has 0 saturated heterocycles. The number of ether oxygens (including phenoxy) is 6. The van der Waals surface area contributed by atoms with Crippen LogP contribution in [0.5, 0.6) is 11.5 Å². The quantitative estimate of drug-likeness (QED) is 0.556. The van der Waals surface area contributed by atoms with Crippen LogP contribution in [-0.2, 0) is 18.9 Å². The Morgan fingerprint density at radius 3 is 1.74 bits per heavy atom. The normalized spacial score (nSPS) is 11.2. The smallest absolute Gasteiger partial charge is 0.191 e. The highest BCUT2D eigenvalue weighted by molar-refractivity contribution is 5.65. The zero-order chi connectivity index (χ0) is 19.6. The lowest BCUT2D eigenvalue weighted by Gasteiger charge is -2.15. The van der Waals surface area contributed by atoms with Crippen molar-refractivity contribution in [1.29, 1.82) is 0 Å². The Balaban J connectivity index is 2.00. The van der Waals surface area contributed by atoms with Crippen LogP contribution in [0.2, 0.25) is 0 Å². The predicted molar refractivity (Wildman–Crippen MR) is 98.4 cm³/mol. The largest absolute Gasteiger partial charge is 0.488 e. The minimum Gasteiger partial charge on any atom is -0.488 e. The maximum atomic E-state index is 14.3. The molecule has 0 aliphatic heterocycles. The first-order chi connectivity index (χ1) is 13.1. The van der Waals surface area contributed by atoms with Crippen LogP contribution >= 0.6 is 0 Å². The van der Waals surface area contributed by atoms with Gasteiger partial charge in [-0.25, -0.2) is 4.39 Å². The topological polar surface area (TPSA) is 55.4 Å². The molecule has 2 aromatic carbocycles. The fourth-order valence-electron chi connectivity index (χ4n) is 2.33. The van der Waals surface area contributed by atoms with Crippen molar-refractivity contribution in [3.05, 3.63) is 48.3 Å². The molecule has 0 aliphatic rings. The van der Waals surface area contributed by atoms with Crippen molar-refractivity contribution in [3.8, 4) is 22.6 Å². The van der Waals surface area contributed by atoms with Gasteiger partial charge in [-0.3, -0.25) is 0 Å². The van der Waals surface area contributed by atoms with Gasteiger partial charge in [-0.05, 0) is 35.4 Å². The lowest BCUT2D eigenvalue weighted by atomic mass is 10.1. The number of rotatable bonds is 11. The molecule has 0 fully saturated rings. The van der Waals surface area contributed by atoms with E-state index in [1.54, 1.807) is 26.4 Å². The van der Waals surface area contributed by atoms with E-state index >= 15 is 0 Å². The zero-order valence-electron chi connectivity index (χ0n) is 15.9. The van der Waals surface area contributed by atoms with E-state index in [0.717, 1.165) is 11.1 Å². The van der Waals surface area contributed by atoms with E-state index in [4.69, 9.17) is 28.4 Å². The average Bonchev–Trinajstić information content (AvgIpc) is 2.71. The summed E-state index contributed by atoms with van der Waals surface area (Å²) >= 11 is 0. The number of benzene rings is 2. The third kappa shape index (κ3) is 6.18. The molecular weight excluding hydrogens is 355 g/mol. The first-order valence-electron chi connectivity index (χ1n) is 8.38.